The maximum absolute atomic E-state index is 14.3. The number of thiophene rings is 1. The van der Waals surface area contributed by atoms with Crippen LogP contribution in [0.25, 0.3) is 10.1 Å². The molecule has 0 bridgehead atoms. The Kier molecular flexibility index (Phi) is 6.29. The van der Waals surface area contributed by atoms with Crippen LogP contribution in [0.1, 0.15) is 38.4 Å². The van der Waals surface area contributed by atoms with Crippen molar-refractivity contribution in [3.8, 4) is 0 Å². The van der Waals surface area contributed by atoms with Gasteiger partial charge >= 0.3 is 0 Å². The molecule has 5 nitrogen and oxygen atoms in total. The third-order valence-electron chi connectivity index (χ3n) is 5.48. The largest absolute Gasteiger partial charge is 0.380 e. The Labute approximate surface area is 182 Å². The highest BCUT2D eigenvalue weighted by molar-refractivity contribution is 7.21. The molecule has 0 saturated carbocycles. The first-order chi connectivity index (χ1) is 15.0. The minimum Gasteiger partial charge on any atom is -0.380 e. The second-order valence-corrected chi connectivity index (χ2v) is 8.53. The molecule has 2 heterocycles. The van der Waals surface area contributed by atoms with E-state index >= 15 is 0 Å². The minimum atomic E-state index is -0.536. The molecular formula is C23H22F2N2O3S. The average Bonchev–Trinajstić information content (AvgIpc) is 3.14. The molecule has 1 saturated heterocycles. The van der Waals surface area contributed by atoms with Crippen LogP contribution in [0.3, 0.4) is 0 Å². The van der Waals surface area contributed by atoms with Gasteiger partial charge in [-0.3, -0.25) is 9.59 Å². The van der Waals surface area contributed by atoms with Gasteiger partial charge in [0.1, 0.15) is 11.6 Å². The van der Waals surface area contributed by atoms with Crippen LogP contribution in [0.2, 0.25) is 0 Å². The lowest BCUT2D eigenvalue weighted by Crippen LogP contribution is -2.46. The predicted octanol–water partition coefficient (Wildman–Crippen LogP) is 4.36. The topological polar surface area (TPSA) is 58.6 Å². The van der Waals surface area contributed by atoms with E-state index in [1.54, 1.807) is 29.2 Å². The molecule has 1 aliphatic rings. The number of ether oxygens (including phenoxy) is 1. The molecule has 1 aromatic heterocycles. The third kappa shape index (κ3) is 4.31. The number of halogens is 2. The van der Waals surface area contributed by atoms with Crippen LogP contribution in [-0.2, 0) is 11.3 Å². The fraction of sp³-hybridized carbons (Fsp3) is 0.304. The molecule has 1 fully saturated rings. The number of carbonyl (C=O) groups excluding carboxylic acids is 2. The summed E-state index contributed by atoms with van der Waals surface area (Å²) in [5.74, 6) is -1.53. The Morgan fingerprint density at radius 1 is 1.10 bits per heavy atom. The molecule has 31 heavy (non-hydrogen) atoms. The Bertz CT molecular complexity index is 1120. The van der Waals surface area contributed by atoms with Gasteiger partial charge in [0.25, 0.3) is 11.8 Å². The van der Waals surface area contributed by atoms with Gasteiger partial charge in [-0.25, -0.2) is 8.78 Å². The smallest absolute Gasteiger partial charge is 0.261 e. The molecule has 0 spiro atoms. The predicted molar refractivity (Wildman–Crippen MR) is 115 cm³/mol. The number of methoxy groups -OCH3 is 1. The fourth-order valence-corrected chi connectivity index (χ4v) is 5.04. The van der Waals surface area contributed by atoms with Crippen molar-refractivity contribution in [2.45, 2.75) is 25.5 Å². The molecule has 1 N–H and O–H groups in total. The van der Waals surface area contributed by atoms with Crippen LogP contribution < -0.4 is 5.32 Å². The van der Waals surface area contributed by atoms with Crippen LogP contribution in [0.4, 0.5) is 8.78 Å². The van der Waals surface area contributed by atoms with E-state index in [1.165, 1.54) is 36.6 Å². The number of hydrogen-bond acceptors (Lipinski definition) is 4. The van der Waals surface area contributed by atoms with Crippen LogP contribution in [-0.4, -0.2) is 43.0 Å². The van der Waals surface area contributed by atoms with Crippen LogP contribution in [0, 0.1) is 11.6 Å². The Morgan fingerprint density at radius 2 is 1.81 bits per heavy atom. The van der Waals surface area contributed by atoms with Gasteiger partial charge in [-0.1, -0.05) is 18.2 Å². The van der Waals surface area contributed by atoms with E-state index in [9.17, 15) is 18.4 Å². The molecule has 0 radical (unpaired) electrons. The summed E-state index contributed by atoms with van der Waals surface area (Å²) < 4.78 is 34.2. The van der Waals surface area contributed by atoms with E-state index < -0.39 is 5.82 Å². The minimum absolute atomic E-state index is 0.0569. The summed E-state index contributed by atoms with van der Waals surface area (Å²) in [6, 6.07) is 10.6. The summed E-state index contributed by atoms with van der Waals surface area (Å²) in [7, 11) is 1.51. The molecule has 2 amide bonds. The van der Waals surface area contributed by atoms with E-state index in [0.29, 0.717) is 46.5 Å². The fourth-order valence-electron chi connectivity index (χ4n) is 3.92. The Balaban J connectivity index is 1.44. The standard InChI is InChI=1S/C23H22F2N2O3S/c1-30-13-16-20-18(25)7-4-8-19(20)31-21(16)22(28)26-14-9-11-27(12-10-14)23(29)15-5-2-3-6-17(15)24/h2-8,14H,9-13H2,1H3,(H,26,28). The van der Waals surface area contributed by atoms with E-state index in [2.05, 4.69) is 5.32 Å². The zero-order valence-corrected chi connectivity index (χ0v) is 17.8. The van der Waals surface area contributed by atoms with Gasteiger partial charge in [-0.15, -0.1) is 11.3 Å². The van der Waals surface area contributed by atoms with E-state index in [4.69, 9.17) is 4.74 Å². The second kappa shape index (κ2) is 9.11. The third-order valence-corrected chi connectivity index (χ3v) is 6.68. The van der Waals surface area contributed by atoms with Gasteiger partial charge < -0.3 is 15.0 Å². The highest BCUT2D eigenvalue weighted by Gasteiger charge is 2.28. The van der Waals surface area contributed by atoms with Gasteiger partial charge in [0, 0.05) is 41.9 Å². The van der Waals surface area contributed by atoms with Crippen molar-refractivity contribution >= 4 is 33.2 Å². The molecule has 0 unspecified atom stereocenters. The van der Waals surface area contributed by atoms with Crippen molar-refractivity contribution in [1.82, 2.24) is 10.2 Å². The molecule has 0 aliphatic carbocycles. The number of piperidine rings is 1. The van der Waals surface area contributed by atoms with Crippen molar-refractivity contribution in [1.29, 1.82) is 0 Å². The lowest BCUT2D eigenvalue weighted by atomic mass is 10.0. The van der Waals surface area contributed by atoms with Gasteiger partial charge in [-0.2, -0.15) is 0 Å². The normalized spacial score (nSPS) is 14.7. The average molecular weight is 445 g/mol. The maximum Gasteiger partial charge on any atom is 0.261 e. The molecule has 1 aliphatic heterocycles. The van der Waals surface area contributed by atoms with E-state index in [1.807, 2.05) is 0 Å². The number of amides is 2. The number of hydrogen-bond donors (Lipinski definition) is 1. The lowest BCUT2D eigenvalue weighted by molar-refractivity contribution is 0.0693. The lowest BCUT2D eigenvalue weighted by Gasteiger charge is -2.32. The number of nitrogens with one attached hydrogen (secondary N) is 1. The van der Waals surface area contributed by atoms with Crippen molar-refractivity contribution in [2.24, 2.45) is 0 Å². The summed E-state index contributed by atoms with van der Waals surface area (Å²) in [5.41, 5.74) is 0.603. The van der Waals surface area contributed by atoms with Crippen molar-refractivity contribution in [3.05, 3.63) is 70.1 Å². The molecule has 162 valence electrons. The van der Waals surface area contributed by atoms with Gasteiger partial charge in [0.15, 0.2) is 0 Å². The summed E-state index contributed by atoms with van der Waals surface area (Å²) in [4.78, 5) is 27.6. The summed E-state index contributed by atoms with van der Waals surface area (Å²) >= 11 is 1.24. The number of rotatable bonds is 5. The van der Waals surface area contributed by atoms with Crippen molar-refractivity contribution in [3.63, 3.8) is 0 Å². The first-order valence-corrected chi connectivity index (χ1v) is 10.8. The second-order valence-electron chi connectivity index (χ2n) is 7.48. The highest BCUT2D eigenvalue weighted by Crippen LogP contribution is 2.34. The van der Waals surface area contributed by atoms with Gasteiger partial charge in [-0.05, 0) is 37.1 Å². The first-order valence-electron chi connectivity index (χ1n) is 10.0. The van der Waals surface area contributed by atoms with Gasteiger partial charge in [0.05, 0.1) is 17.0 Å². The van der Waals surface area contributed by atoms with E-state index in [-0.39, 0.29) is 35.8 Å². The monoisotopic (exact) mass is 444 g/mol. The van der Waals surface area contributed by atoms with Crippen LogP contribution in [0.5, 0.6) is 0 Å². The van der Waals surface area contributed by atoms with E-state index in [0.717, 1.165) is 0 Å². The highest BCUT2D eigenvalue weighted by atomic mass is 32.1. The van der Waals surface area contributed by atoms with Crippen LogP contribution in [0.15, 0.2) is 42.5 Å². The van der Waals surface area contributed by atoms with Crippen LogP contribution >= 0.6 is 11.3 Å². The Morgan fingerprint density at radius 3 is 2.52 bits per heavy atom. The summed E-state index contributed by atoms with van der Waals surface area (Å²) in [6.07, 6.45) is 1.12. The van der Waals surface area contributed by atoms with Crippen molar-refractivity contribution in [2.75, 3.05) is 20.2 Å². The zero-order chi connectivity index (χ0) is 22.0. The number of benzene rings is 2. The Hall–Kier alpha value is -2.84. The first kappa shape index (κ1) is 21.4. The molecular weight excluding hydrogens is 422 g/mol. The number of carbonyl (C=O) groups is 2. The number of fused-ring (bicyclic) bond motifs is 1. The number of nitrogens with zero attached hydrogens (tertiary/aromatic N) is 1. The number of likely N-dealkylation sites (tertiary alicyclic amines) is 1. The zero-order valence-electron chi connectivity index (χ0n) is 17.0. The molecule has 4 rings (SSSR count). The molecule has 2 aromatic carbocycles. The maximum atomic E-state index is 14.3. The van der Waals surface area contributed by atoms with Crippen molar-refractivity contribution < 1.29 is 23.1 Å². The molecule has 8 heteroatoms. The molecule has 0 atom stereocenters. The summed E-state index contributed by atoms with van der Waals surface area (Å²) in [5, 5.41) is 3.43. The van der Waals surface area contributed by atoms with Gasteiger partial charge in [0.2, 0.25) is 0 Å². The summed E-state index contributed by atoms with van der Waals surface area (Å²) in [6.45, 7) is 0.980. The SMILES string of the molecule is COCc1c(C(=O)NC2CCN(C(=O)c3ccccc3F)CC2)sc2cccc(F)c12. The molecule has 3 aromatic rings. The quantitative estimate of drug-likeness (QED) is 0.636.